The van der Waals surface area contributed by atoms with Crippen LogP contribution in [-0.2, 0) is 4.79 Å². The van der Waals surface area contributed by atoms with Gasteiger partial charge in [0.25, 0.3) is 0 Å². The van der Waals surface area contributed by atoms with Crippen molar-refractivity contribution in [2.45, 2.75) is 34.1 Å². The predicted octanol–water partition coefficient (Wildman–Crippen LogP) is 2.26. The molecule has 0 fully saturated rings. The standard InChI is InChI=1S/C10H16O/c1-6-7-9(8(2)11)10(3,4)5/h1,9H,7H2,2-5H3. The number of Topliss-reactive ketones (excluding diaryl/α,β-unsaturated/α-hetero) is 1. The fourth-order valence-electron chi connectivity index (χ4n) is 1.18. The van der Waals surface area contributed by atoms with Gasteiger partial charge in [-0.05, 0) is 12.3 Å². The third kappa shape index (κ3) is 3.23. The van der Waals surface area contributed by atoms with Crippen LogP contribution in [0.15, 0.2) is 0 Å². The van der Waals surface area contributed by atoms with Crippen LogP contribution in [0.4, 0.5) is 0 Å². The van der Waals surface area contributed by atoms with Gasteiger partial charge >= 0.3 is 0 Å². The van der Waals surface area contributed by atoms with Gasteiger partial charge in [0, 0.05) is 12.3 Å². The van der Waals surface area contributed by atoms with Crippen LogP contribution in [0, 0.1) is 23.7 Å². The summed E-state index contributed by atoms with van der Waals surface area (Å²) in [6, 6.07) is 0. The number of carbonyl (C=O) groups is 1. The molecule has 0 saturated heterocycles. The first-order chi connectivity index (χ1) is 4.89. The lowest BCUT2D eigenvalue weighted by Crippen LogP contribution is -2.26. The molecule has 62 valence electrons. The van der Waals surface area contributed by atoms with Crippen molar-refractivity contribution in [3.8, 4) is 12.3 Å². The van der Waals surface area contributed by atoms with Crippen LogP contribution in [0.25, 0.3) is 0 Å². The van der Waals surface area contributed by atoms with Crippen molar-refractivity contribution in [2.24, 2.45) is 11.3 Å². The second-order valence-corrected chi connectivity index (χ2v) is 3.94. The Hall–Kier alpha value is -0.770. The molecule has 0 aliphatic rings. The molecule has 1 heteroatoms. The molecular formula is C10H16O. The number of hydrogen-bond donors (Lipinski definition) is 0. The van der Waals surface area contributed by atoms with E-state index in [1.54, 1.807) is 6.92 Å². The molecule has 0 amide bonds. The molecule has 0 aromatic carbocycles. The predicted molar refractivity (Wildman–Crippen MR) is 47.1 cm³/mol. The number of carbonyl (C=O) groups excluding carboxylic acids is 1. The van der Waals surface area contributed by atoms with Gasteiger partial charge in [-0.25, -0.2) is 0 Å². The maximum absolute atomic E-state index is 11.1. The fourth-order valence-corrected chi connectivity index (χ4v) is 1.18. The maximum atomic E-state index is 11.1. The first-order valence-corrected chi connectivity index (χ1v) is 3.83. The van der Waals surface area contributed by atoms with Crippen LogP contribution in [0.5, 0.6) is 0 Å². The largest absolute Gasteiger partial charge is 0.300 e. The van der Waals surface area contributed by atoms with Crippen LogP contribution in [0.3, 0.4) is 0 Å². The van der Waals surface area contributed by atoms with Crippen molar-refractivity contribution in [3.05, 3.63) is 0 Å². The van der Waals surface area contributed by atoms with E-state index in [9.17, 15) is 4.79 Å². The first kappa shape index (κ1) is 10.2. The Bertz CT molecular complexity index is 178. The van der Waals surface area contributed by atoms with E-state index >= 15 is 0 Å². The van der Waals surface area contributed by atoms with E-state index in [4.69, 9.17) is 6.42 Å². The summed E-state index contributed by atoms with van der Waals surface area (Å²) in [6.07, 6.45) is 5.72. The minimum absolute atomic E-state index is 0.00178. The molecule has 0 spiro atoms. The fraction of sp³-hybridized carbons (Fsp3) is 0.700. The Labute approximate surface area is 69.2 Å². The van der Waals surface area contributed by atoms with Gasteiger partial charge in [0.05, 0.1) is 0 Å². The Morgan fingerprint density at radius 1 is 1.55 bits per heavy atom. The molecule has 0 rings (SSSR count). The van der Waals surface area contributed by atoms with Crippen LogP contribution in [0.2, 0.25) is 0 Å². The molecule has 0 aromatic heterocycles. The molecular weight excluding hydrogens is 136 g/mol. The lowest BCUT2D eigenvalue weighted by atomic mass is 9.77. The van der Waals surface area contributed by atoms with E-state index in [0.717, 1.165) is 0 Å². The van der Waals surface area contributed by atoms with Crippen molar-refractivity contribution in [1.29, 1.82) is 0 Å². The molecule has 0 saturated carbocycles. The van der Waals surface area contributed by atoms with E-state index in [0.29, 0.717) is 6.42 Å². The smallest absolute Gasteiger partial charge is 0.134 e. The molecule has 0 bridgehead atoms. The number of terminal acetylenes is 1. The van der Waals surface area contributed by atoms with Gasteiger partial charge < -0.3 is 0 Å². The lowest BCUT2D eigenvalue weighted by Gasteiger charge is -2.26. The van der Waals surface area contributed by atoms with Crippen LogP contribution in [0.1, 0.15) is 34.1 Å². The third-order valence-corrected chi connectivity index (χ3v) is 1.86. The molecule has 0 aliphatic heterocycles. The summed E-state index contributed by atoms with van der Waals surface area (Å²) in [5.41, 5.74) is -0.00178. The molecule has 0 heterocycles. The van der Waals surface area contributed by atoms with Crippen molar-refractivity contribution in [2.75, 3.05) is 0 Å². The van der Waals surface area contributed by atoms with Crippen LogP contribution in [-0.4, -0.2) is 5.78 Å². The highest BCUT2D eigenvalue weighted by Gasteiger charge is 2.27. The molecule has 0 aromatic rings. The third-order valence-electron chi connectivity index (χ3n) is 1.86. The van der Waals surface area contributed by atoms with Crippen molar-refractivity contribution in [3.63, 3.8) is 0 Å². The number of hydrogen-bond acceptors (Lipinski definition) is 1. The van der Waals surface area contributed by atoms with Gasteiger partial charge in [-0.3, -0.25) is 4.79 Å². The molecule has 0 radical (unpaired) electrons. The first-order valence-electron chi connectivity index (χ1n) is 3.83. The van der Waals surface area contributed by atoms with E-state index in [-0.39, 0.29) is 17.1 Å². The van der Waals surface area contributed by atoms with Gasteiger partial charge in [-0.15, -0.1) is 12.3 Å². The Balaban J connectivity index is 4.38. The van der Waals surface area contributed by atoms with Crippen molar-refractivity contribution in [1.82, 2.24) is 0 Å². The Kier molecular flexibility index (Phi) is 3.32. The number of ketones is 1. The van der Waals surface area contributed by atoms with Gasteiger partial charge in [0.15, 0.2) is 0 Å². The summed E-state index contributed by atoms with van der Waals surface area (Å²) in [6.45, 7) is 7.72. The van der Waals surface area contributed by atoms with E-state index in [1.165, 1.54) is 0 Å². The SMILES string of the molecule is C#CCC(C(C)=O)C(C)(C)C. The Morgan fingerprint density at radius 3 is 2.09 bits per heavy atom. The zero-order chi connectivity index (χ0) is 9.07. The zero-order valence-corrected chi connectivity index (χ0v) is 7.77. The zero-order valence-electron chi connectivity index (χ0n) is 7.77. The van der Waals surface area contributed by atoms with E-state index in [1.807, 2.05) is 20.8 Å². The average Bonchev–Trinajstić information content (AvgIpc) is 1.79. The topological polar surface area (TPSA) is 17.1 Å². The summed E-state index contributed by atoms with van der Waals surface area (Å²) in [4.78, 5) is 11.1. The normalized spacial score (nSPS) is 13.7. The Morgan fingerprint density at radius 2 is 2.00 bits per heavy atom. The minimum atomic E-state index is -0.00178. The summed E-state index contributed by atoms with van der Waals surface area (Å²) in [7, 11) is 0. The summed E-state index contributed by atoms with van der Waals surface area (Å²) >= 11 is 0. The minimum Gasteiger partial charge on any atom is -0.300 e. The number of rotatable bonds is 2. The van der Waals surface area contributed by atoms with Crippen LogP contribution < -0.4 is 0 Å². The highest BCUT2D eigenvalue weighted by Crippen LogP contribution is 2.28. The second kappa shape index (κ2) is 3.57. The average molecular weight is 152 g/mol. The molecule has 1 nitrogen and oxygen atoms in total. The molecule has 0 N–H and O–H groups in total. The quantitative estimate of drug-likeness (QED) is 0.555. The van der Waals surface area contributed by atoms with Gasteiger partial charge in [0.1, 0.15) is 5.78 Å². The van der Waals surface area contributed by atoms with Gasteiger partial charge in [0.2, 0.25) is 0 Å². The molecule has 11 heavy (non-hydrogen) atoms. The highest BCUT2D eigenvalue weighted by atomic mass is 16.1. The van der Waals surface area contributed by atoms with Gasteiger partial charge in [-0.1, -0.05) is 20.8 Å². The van der Waals surface area contributed by atoms with Crippen molar-refractivity contribution < 1.29 is 4.79 Å². The molecule has 0 aliphatic carbocycles. The summed E-state index contributed by atoms with van der Waals surface area (Å²) in [5, 5.41) is 0. The monoisotopic (exact) mass is 152 g/mol. The highest BCUT2D eigenvalue weighted by molar-refractivity contribution is 5.79. The molecule has 1 unspecified atom stereocenters. The van der Waals surface area contributed by atoms with Crippen molar-refractivity contribution >= 4 is 5.78 Å². The van der Waals surface area contributed by atoms with E-state index < -0.39 is 0 Å². The maximum Gasteiger partial charge on any atom is 0.134 e. The van der Waals surface area contributed by atoms with Crippen LogP contribution >= 0.6 is 0 Å². The van der Waals surface area contributed by atoms with E-state index in [2.05, 4.69) is 5.92 Å². The molecule has 1 atom stereocenters. The van der Waals surface area contributed by atoms with Gasteiger partial charge in [-0.2, -0.15) is 0 Å². The summed E-state index contributed by atoms with van der Waals surface area (Å²) in [5.74, 6) is 2.73. The summed E-state index contributed by atoms with van der Waals surface area (Å²) < 4.78 is 0. The lowest BCUT2D eigenvalue weighted by molar-refractivity contribution is -0.123. The second-order valence-electron chi connectivity index (χ2n) is 3.94.